The fraction of sp³-hybridized carbons (Fsp3) is 0.875. The first-order valence-electron chi connectivity index (χ1n) is 12.8. The van der Waals surface area contributed by atoms with E-state index in [0.29, 0.717) is 31.3 Å². The maximum absolute atomic E-state index is 13.2. The molecule has 0 aromatic carbocycles. The summed E-state index contributed by atoms with van der Waals surface area (Å²) < 4.78 is 39.6. The molecule has 3 heterocycles. The van der Waals surface area contributed by atoms with Crippen LogP contribution in [0.25, 0.3) is 0 Å². The van der Waals surface area contributed by atoms with E-state index in [1.165, 1.54) is 0 Å². The van der Waals surface area contributed by atoms with Crippen molar-refractivity contribution in [2.75, 3.05) is 47.3 Å². The number of hydrogen-bond donors (Lipinski definition) is 3. The molecule has 194 valence electrons. The van der Waals surface area contributed by atoms with Gasteiger partial charge >= 0.3 is 6.18 Å². The normalized spacial score (nSPS) is 38.0. The van der Waals surface area contributed by atoms with Crippen LogP contribution in [-0.4, -0.2) is 98.5 Å². The lowest BCUT2D eigenvalue weighted by Crippen LogP contribution is -2.72. The van der Waals surface area contributed by atoms with E-state index in [2.05, 4.69) is 28.1 Å². The minimum absolute atomic E-state index is 0.0209. The summed E-state index contributed by atoms with van der Waals surface area (Å²) in [6, 6.07) is 0.683. The van der Waals surface area contributed by atoms with Gasteiger partial charge in [0.1, 0.15) is 0 Å². The number of likely N-dealkylation sites (tertiary alicyclic amines) is 1. The van der Waals surface area contributed by atoms with Crippen LogP contribution in [0.5, 0.6) is 0 Å². The number of nitrogens with zero attached hydrogens (tertiary/aromatic N) is 3. The molecule has 4 rings (SSSR count). The van der Waals surface area contributed by atoms with Crippen molar-refractivity contribution in [1.29, 1.82) is 0 Å². The average Bonchev–Trinajstić information content (AvgIpc) is 3.23. The number of piperidine rings is 1. The van der Waals surface area contributed by atoms with E-state index in [9.17, 15) is 18.0 Å². The quantitative estimate of drug-likeness (QED) is 0.515. The van der Waals surface area contributed by atoms with Gasteiger partial charge in [-0.1, -0.05) is 6.08 Å². The molecule has 3 N–H and O–H groups in total. The van der Waals surface area contributed by atoms with Gasteiger partial charge in [0.15, 0.2) is 0 Å². The molecule has 4 aliphatic rings. The highest BCUT2D eigenvalue weighted by molar-refractivity contribution is 5.87. The Morgan fingerprint density at radius 2 is 1.76 bits per heavy atom. The molecule has 0 aromatic rings. The fourth-order valence-electron chi connectivity index (χ4n) is 6.33. The number of likely N-dealkylation sites (N-methyl/N-ethyl adjacent to an activating group) is 1. The van der Waals surface area contributed by atoms with Crippen molar-refractivity contribution in [3.8, 4) is 0 Å². The fourth-order valence-corrected chi connectivity index (χ4v) is 6.33. The monoisotopic (exact) mass is 486 g/mol. The lowest BCUT2D eigenvalue weighted by molar-refractivity contribution is -0.185. The molecular weight excluding hydrogens is 445 g/mol. The number of carbonyl (C=O) groups excluding carboxylic acids is 1. The maximum atomic E-state index is 13.2. The van der Waals surface area contributed by atoms with E-state index in [1.54, 1.807) is 6.08 Å². The third-order valence-corrected chi connectivity index (χ3v) is 8.24. The predicted octanol–water partition coefficient (Wildman–Crippen LogP) is 1.79. The Hall–Kier alpha value is -1.20. The van der Waals surface area contributed by atoms with Gasteiger partial charge in [0.2, 0.25) is 5.91 Å². The molecular formula is C24H41F3N6O. The number of fused-ring (bicyclic) bond motifs is 1. The second-order valence-electron chi connectivity index (χ2n) is 10.9. The number of halogens is 3. The standard InChI is InChI=1S/C24H41F3N6O/c1-31(2)12-4-5-21(34)33-14-10-18-20(15-33)28-23(29-22(18)19-11-13-32(3)30-19)16-6-8-17(9-7-16)24(25,26)27/h4-5,16-20,22-23,28-30H,6-15H2,1-3H3/b5-4+. The summed E-state index contributed by atoms with van der Waals surface area (Å²) in [6.45, 7) is 3.08. The van der Waals surface area contributed by atoms with Crippen molar-refractivity contribution in [3.05, 3.63) is 12.2 Å². The number of amides is 1. The van der Waals surface area contributed by atoms with Crippen molar-refractivity contribution in [2.45, 2.75) is 69.0 Å². The lowest BCUT2D eigenvalue weighted by Gasteiger charge is -2.52. The molecule has 3 saturated heterocycles. The van der Waals surface area contributed by atoms with Gasteiger partial charge in [-0.2, -0.15) is 13.2 Å². The first-order valence-corrected chi connectivity index (χ1v) is 12.8. The van der Waals surface area contributed by atoms with Gasteiger partial charge in [0.05, 0.1) is 12.1 Å². The van der Waals surface area contributed by atoms with Crippen molar-refractivity contribution in [1.82, 2.24) is 30.9 Å². The number of hydrogen-bond acceptors (Lipinski definition) is 6. The van der Waals surface area contributed by atoms with Gasteiger partial charge in [0.25, 0.3) is 0 Å². The Labute approximate surface area is 201 Å². The Bertz CT molecular complexity index is 724. The number of alkyl halides is 3. The van der Waals surface area contributed by atoms with Crippen LogP contribution in [0.15, 0.2) is 12.2 Å². The molecule has 3 aliphatic heterocycles. The smallest absolute Gasteiger partial charge is 0.338 e. The van der Waals surface area contributed by atoms with E-state index >= 15 is 0 Å². The minimum Gasteiger partial charge on any atom is -0.338 e. The van der Waals surface area contributed by atoms with Gasteiger partial charge in [-0.25, -0.2) is 5.01 Å². The van der Waals surface area contributed by atoms with Crippen LogP contribution in [0, 0.1) is 17.8 Å². The zero-order chi connectivity index (χ0) is 24.5. The molecule has 0 spiro atoms. The van der Waals surface area contributed by atoms with Crippen molar-refractivity contribution in [2.24, 2.45) is 17.8 Å². The van der Waals surface area contributed by atoms with E-state index in [4.69, 9.17) is 0 Å². The molecule has 0 bridgehead atoms. The zero-order valence-corrected chi connectivity index (χ0v) is 20.7. The Morgan fingerprint density at radius 3 is 2.38 bits per heavy atom. The summed E-state index contributed by atoms with van der Waals surface area (Å²) in [5.41, 5.74) is 3.58. The molecule has 5 unspecified atom stereocenters. The van der Waals surface area contributed by atoms with Crippen LogP contribution in [-0.2, 0) is 4.79 Å². The second-order valence-corrected chi connectivity index (χ2v) is 10.9. The average molecular weight is 487 g/mol. The first-order chi connectivity index (χ1) is 16.1. The van der Waals surface area contributed by atoms with Gasteiger partial charge in [0, 0.05) is 57.4 Å². The first kappa shape index (κ1) is 25.9. The predicted molar refractivity (Wildman–Crippen MR) is 126 cm³/mol. The van der Waals surface area contributed by atoms with Crippen LogP contribution in [0.1, 0.15) is 38.5 Å². The van der Waals surface area contributed by atoms with Crippen molar-refractivity contribution >= 4 is 5.91 Å². The Balaban J connectivity index is 1.44. The SMILES string of the molecule is CN(C)C/C=C/C(=O)N1CCC2C(C1)NC(C1CCC(C(F)(F)F)CC1)NC2C1CCN(C)N1. The molecule has 1 amide bonds. The third-order valence-electron chi connectivity index (χ3n) is 8.24. The highest BCUT2D eigenvalue weighted by Gasteiger charge is 2.48. The van der Waals surface area contributed by atoms with Gasteiger partial charge in [-0.05, 0) is 64.5 Å². The van der Waals surface area contributed by atoms with Crippen LogP contribution < -0.4 is 16.1 Å². The van der Waals surface area contributed by atoms with E-state index in [0.717, 1.165) is 32.5 Å². The highest BCUT2D eigenvalue weighted by atomic mass is 19.4. The maximum Gasteiger partial charge on any atom is 0.391 e. The molecule has 0 radical (unpaired) electrons. The van der Waals surface area contributed by atoms with Gasteiger partial charge in [-0.3, -0.25) is 20.9 Å². The molecule has 0 aromatic heterocycles. The Kier molecular flexibility index (Phi) is 8.24. The topological polar surface area (TPSA) is 62.9 Å². The van der Waals surface area contributed by atoms with E-state index in [-0.39, 0.29) is 42.9 Å². The number of nitrogens with one attached hydrogen (secondary N) is 3. The Morgan fingerprint density at radius 1 is 1.03 bits per heavy atom. The summed E-state index contributed by atoms with van der Waals surface area (Å²) in [5, 5.41) is 9.69. The van der Waals surface area contributed by atoms with Gasteiger partial charge in [-0.15, -0.1) is 0 Å². The highest BCUT2D eigenvalue weighted by Crippen LogP contribution is 2.41. The van der Waals surface area contributed by atoms with Gasteiger partial charge < -0.3 is 9.80 Å². The summed E-state index contributed by atoms with van der Waals surface area (Å²) in [4.78, 5) is 16.7. The molecule has 1 aliphatic carbocycles. The number of rotatable bonds is 5. The van der Waals surface area contributed by atoms with Crippen LogP contribution in [0.2, 0.25) is 0 Å². The molecule has 7 nitrogen and oxygen atoms in total. The van der Waals surface area contributed by atoms with E-state index in [1.807, 2.05) is 30.0 Å². The van der Waals surface area contributed by atoms with Crippen LogP contribution >= 0.6 is 0 Å². The summed E-state index contributed by atoms with van der Waals surface area (Å²) in [5.74, 6) is -0.579. The van der Waals surface area contributed by atoms with Crippen molar-refractivity contribution in [3.63, 3.8) is 0 Å². The zero-order valence-electron chi connectivity index (χ0n) is 20.7. The molecule has 4 fully saturated rings. The minimum atomic E-state index is -4.09. The summed E-state index contributed by atoms with van der Waals surface area (Å²) in [6.07, 6.45) is 2.98. The third kappa shape index (κ3) is 6.13. The second kappa shape index (κ2) is 10.8. The summed E-state index contributed by atoms with van der Waals surface area (Å²) in [7, 11) is 5.99. The van der Waals surface area contributed by atoms with Crippen LogP contribution in [0.3, 0.4) is 0 Å². The van der Waals surface area contributed by atoms with Crippen molar-refractivity contribution < 1.29 is 18.0 Å². The molecule has 10 heteroatoms. The largest absolute Gasteiger partial charge is 0.391 e. The number of carbonyl (C=O) groups is 1. The molecule has 1 saturated carbocycles. The number of hydrazine groups is 1. The molecule has 34 heavy (non-hydrogen) atoms. The lowest BCUT2D eigenvalue weighted by atomic mass is 9.75. The molecule has 5 atom stereocenters. The van der Waals surface area contributed by atoms with E-state index < -0.39 is 12.1 Å². The van der Waals surface area contributed by atoms with Crippen LogP contribution in [0.4, 0.5) is 13.2 Å². The summed E-state index contributed by atoms with van der Waals surface area (Å²) >= 11 is 0.